The van der Waals surface area contributed by atoms with Crippen LogP contribution < -0.4 is 4.90 Å². The topological polar surface area (TPSA) is 39.6 Å². The minimum absolute atomic E-state index is 0.391. The zero-order chi connectivity index (χ0) is 13.7. The summed E-state index contributed by atoms with van der Waals surface area (Å²) in [7, 11) is 4.15. The maximum Gasteiger partial charge on any atom is 0.129 e. The summed E-state index contributed by atoms with van der Waals surface area (Å²) in [6, 6.07) is 4.22. The molecule has 0 aliphatic carbocycles. The molecule has 0 aromatic carbocycles. The largest absolute Gasteiger partial charge is 0.389 e. The molecule has 1 unspecified atom stereocenters. The van der Waals surface area contributed by atoms with Crippen molar-refractivity contribution in [3.05, 3.63) is 23.9 Å². The van der Waals surface area contributed by atoms with Gasteiger partial charge in [-0.2, -0.15) is 0 Å². The van der Waals surface area contributed by atoms with Gasteiger partial charge in [-0.3, -0.25) is 0 Å². The van der Waals surface area contributed by atoms with E-state index >= 15 is 0 Å². The Morgan fingerprint density at radius 3 is 2.50 bits per heavy atom. The van der Waals surface area contributed by atoms with E-state index in [-0.39, 0.29) is 0 Å². The SMILES string of the molecule is CCN(c1cc([C@H](C)O)ccn1)C(C)CN(C)C. The quantitative estimate of drug-likeness (QED) is 0.838. The number of pyridine rings is 1. The van der Waals surface area contributed by atoms with Gasteiger partial charge in [-0.05, 0) is 52.6 Å². The maximum absolute atomic E-state index is 9.63. The van der Waals surface area contributed by atoms with E-state index in [0.29, 0.717) is 6.04 Å². The molecule has 0 amide bonds. The third kappa shape index (κ3) is 3.96. The Kier molecular flexibility index (Phi) is 5.56. The Hall–Kier alpha value is -1.13. The second-order valence-electron chi connectivity index (χ2n) is 5.02. The van der Waals surface area contributed by atoms with Crippen LogP contribution in [0.25, 0.3) is 0 Å². The maximum atomic E-state index is 9.63. The molecule has 1 N–H and O–H groups in total. The fourth-order valence-corrected chi connectivity index (χ4v) is 2.18. The molecule has 0 spiro atoms. The van der Waals surface area contributed by atoms with Crippen LogP contribution in [0.15, 0.2) is 18.3 Å². The van der Waals surface area contributed by atoms with Gasteiger partial charge in [-0.1, -0.05) is 0 Å². The highest BCUT2D eigenvalue weighted by atomic mass is 16.3. The van der Waals surface area contributed by atoms with Crippen LogP contribution in [0.1, 0.15) is 32.4 Å². The normalized spacial score (nSPS) is 14.6. The van der Waals surface area contributed by atoms with Crippen LogP contribution in [0.5, 0.6) is 0 Å². The molecule has 102 valence electrons. The van der Waals surface area contributed by atoms with Crippen molar-refractivity contribution in [1.82, 2.24) is 9.88 Å². The Morgan fingerprint density at radius 2 is 2.00 bits per heavy atom. The number of nitrogens with zero attached hydrogens (tertiary/aromatic N) is 3. The Bertz CT molecular complexity index is 366. The fraction of sp³-hybridized carbons (Fsp3) is 0.643. The van der Waals surface area contributed by atoms with Gasteiger partial charge in [0.25, 0.3) is 0 Å². The van der Waals surface area contributed by atoms with Crippen molar-refractivity contribution in [2.24, 2.45) is 0 Å². The minimum Gasteiger partial charge on any atom is -0.389 e. The first kappa shape index (κ1) is 14.9. The first-order valence-electron chi connectivity index (χ1n) is 6.51. The number of aliphatic hydroxyl groups is 1. The molecular formula is C14H25N3O. The Balaban J connectivity index is 2.90. The van der Waals surface area contributed by atoms with Gasteiger partial charge in [-0.25, -0.2) is 4.98 Å². The van der Waals surface area contributed by atoms with E-state index in [1.54, 1.807) is 13.1 Å². The molecule has 2 atom stereocenters. The van der Waals surface area contributed by atoms with E-state index in [4.69, 9.17) is 0 Å². The van der Waals surface area contributed by atoms with E-state index in [1.165, 1.54) is 0 Å². The summed E-state index contributed by atoms with van der Waals surface area (Å²) >= 11 is 0. The minimum atomic E-state index is -0.449. The summed E-state index contributed by atoms with van der Waals surface area (Å²) in [5.41, 5.74) is 0.913. The van der Waals surface area contributed by atoms with Gasteiger partial charge in [-0.15, -0.1) is 0 Å². The van der Waals surface area contributed by atoms with Gasteiger partial charge >= 0.3 is 0 Å². The van der Waals surface area contributed by atoms with Crippen LogP contribution in [0.2, 0.25) is 0 Å². The average Bonchev–Trinajstić information content (AvgIpc) is 2.29. The Labute approximate surface area is 110 Å². The molecule has 4 nitrogen and oxygen atoms in total. The second-order valence-corrected chi connectivity index (χ2v) is 5.02. The molecule has 0 fully saturated rings. The average molecular weight is 251 g/mol. The lowest BCUT2D eigenvalue weighted by atomic mass is 10.1. The molecule has 0 saturated heterocycles. The fourth-order valence-electron chi connectivity index (χ4n) is 2.18. The van der Waals surface area contributed by atoms with Crippen molar-refractivity contribution in [3.8, 4) is 0 Å². The van der Waals surface area contributed by atoms with Crippen molar-refractivity contribution < 1.29 is 5.11 Å². The summed E-state index contributed by atoms with van der Waals surface area (Å²) in [5.74, 6) is 0.935. The first-order chi connectivity index (χ1) is 8.45. The van der Waals surface area contributed by atoms with Gasteiger partial charge < -0.3 is 14.9 Å². The van der Waals surface area contributed by atoms with Crippen molar-refractivity contribution in [1.29, 1.82) is 0 Å². The van der Waals surface area contributed by atoms with Crippen LogP contribution in [0.3, 0.4) is 0 Å². The lowest BCUT2D eigenvalue weighted by Crippen LogP contribution is -2.40. The van der Waals surface area contributed by atoms with Crippen molar-refractivity contribution >= 4 is 5.82 Å². The molecule has 0 radical (unpaired) electrons. The van der Waals surface area contributed by atoms with Crippen LogP contribution in [0.4, 0.5) is 5.82 Å². The number of hydrogen-bond acceptors (Lipinski definition) is 4. The lowest BCUT2D eigenvalue weighted by Gasteiger charge is -2.31. The highest BCUT2D eigenvalue weighted by molar-refractivity contribution is 5.42. The van der Waals surface area contributed by atoms with Gasteiger partial charge in [0.1, 0.15) is 5.82 Å². The number of hydrogen-bond donors (Lipinski definition) is 1. The highest BCUT2D eigenvalue weighted by Crippen LogP contribution is 2.19. The Morgan fingerprint density at radius 1 is 1.33 bits per heavy atom. The van der Waals surface area contributed by atoms with Crippen molar-refractivity contribution in [2.45, 2.75) is 32.9 Å². The summed E-state index contributed by atoms with van der Waals surface area (Å²) < 4.78 is 0. The zero-order valence-corrected chi connectivity index (χ0v) is 12.1. The summed E-state index contributed by atoms with van der Waals surface area (Å²) in [6.45, 7) is 7.99. The smallest absolute Gasteiger partial charge is 0.129 e. The molecule has 1 heterocycles. The van der Waals surface area contributed by atoms with E-state index in [0.717, 1.165) is 24.5 Å². The summed E-state index contributed by atoms with van der Waals surface area (Å²) in [4.78, 5) is 8.85. The molecule has 1 aromatic heterocycles. The monoisotopic (exact) mass is 251 g/mol. The highest BCUT2D eigenvalue weighted by Gasteiger charge is 2.15. The van der Waals surface area contributed by atoms with Gasteiger partial charge in [0.15, 0.2) is 0 Å². The lowest BCUT2D eigenvalue weighted by molar-refractivity contribution is 0.199. The third-order valence-corrected chi connectivity index (χ3v) is 3.05. The van der Waals surface area contributed by atoms with Crippen LogP contribution in [-0.4, -0.2) is 48.2 Å². The number of rotatable bonds is 6. The summed E-state index contributed by atoms with van der Waals surface area (Å²) in [6.07, 6.45) is 1.32. The van der Waals surface area contributed by atoms with E-state index < -0.39 is 6.10 Å². The molecule has 1 rings (SSSR count). The zero-order valence-electron chi connectivity index (χ0n) is 12.1. The molecule has 0 aliphatic heterocycles. The molecule has 0 aliphatic rings. The van der Waals surface area contributed by atoms with Gasteiger partial charge in [0.2, 0.25) is 0 Å². The van der Waals surface area contributed by atoms with Crippen LogP contribution in [0, 0.1) is 0 Å². The van der Waals surface area contributed by atoms with E-state index in [9.17, 15) is 5.11 Å². The van der Waals surface area contributed by atoms with Gasteiger partial charge in [0, 0.05) is 25.3 Å². The predicted molar refractivity (Wildman–Crippen MR) is 75.9 cm³/mol. The third-order valence-electron chi connectivity index (χ3n) is 3.05. The van der Waals surface area contributed by atoms with E-state index in [2.05, 4.69) is 42.7 Å². The number of likely N-dealkylation sites (N-methyl/N-ethyl adjacent to an activating group) is 2. The molecular weight excluding hydrogens is 226 g/mol. The predicted octanol–water partition coefficient (Wildman–Crippen LogP) is 1.91. The first-order valence-corrected chi connectivity index (χ1v) is 6.51. The number of aliphatic hydroxyl groups excluding tert-OH is 1. The van der Waals surface area contributed by atoms with Gasteiger partial charge in [0.05, 0.1) is 6.10 Å². The molecule has 0 saturated carbocycles. The summed E-state index contributed by atoms with van der Waals surface area (Å²) in [5, 5.41) is 9.63. The molecule has 18 heavy (non-hydrogen) atoms. The van der Waals surface area contributed by atoms with Crippen LogP contribution >= 0.6 is 0 Å². The number of anilines is 1. The van der Waals surface area contributed by atoms with Crippen molar-refractivity contribution in [2.75, 3.05) is 32.1 Å². The van der Waals surface area contributed by atoms with Crippen molar-refractivity contribution in [3.63, 3.8) is 0 Å². The molecule has 1 aromatic rings. The van der Waals surface area contributed by atoms with Crippen LogP contribution in [-0.2, 0) is 0 Å². The molecule has 4 heteroatoms. The number of aromatic nitrogens is 1. The molecule has 0 bridgehead atoms. The second kappa shape index (κ2) is 6.71. The van der Waals surface area contributed by atoms with E-state index in [1.807, 2.05) is 12.1 Å². The standard InChI is InChI=1S/C14H25N3O/c1-6-17(11(2)10-16(4)5)14-9-13(12(3)18)7-8-15-14/h7-9,11-12,18H,6,10H2,1-5H3/t11?,12-/m0/s1.